The van der Waals surface area contributed by atoms with E-state index in [1.165, 1.54) is 0 Å². The molecule has 36 heavy (non-hydrogen) atoms. The van der Waals surface area contributed by atoms with Crippen molar-refractivity contribution in [3.05, 3.63) is 29.8 Å². The second-order valence-corrected chi connectivity index (χ2v) is 7.60. The van der Waals surface area contributed by atoms with E-state index >= 15 is 0 Å². The van der Waals surface area contributed by atoms with Crippen LogP contribution in [-0.2, 0) is 25.7 Å². The van der Waals surface area contributed by atoms with Crippen LogP contribution in [0.25, 0.3) is 0 Å². The molecule has 0 aromatic heterocycles. The van der Waals surface area contributed by atoms with Crippen LogP contribution in [0.5, 0.6) is 0 Å². The number of amides is 4. The van der Waals surface area contributed by atoms with Gasteiger partial charge in [0.05, 0.1) is 6.61 Å². The number of carboxylic acids is 3. The van der Waals surface area contributed by atoms with Crippen molar-refractivity contribution in [3.8, 4) is 12.3 Å². The number of nitrogens with one attached hydrogen (secondary N) is 4. The average molecular weight is 507 g/mol. The number of hydrogen-bond acceptors (Lipinski definition) is 6. The maximum atomic E-state index is 12.0. The molecule has 0 fully saturated rings. The number of urea groups is 2. The fraction of sp³-hybridized carbons (Fsp3) is 0.435. The molecule has 2 unspecified atom stereocenters. The van der Waals surface area contributed by atoms with Crippen molar-refractivity contribution in [2.24, 2.45) is 0 Å². The summed E-state index contributed by atoms with van der Waals surface area (Å²) < 4.78 is 5.22. The van der Waals surface area contributed by atoms with E-state index < -0.39 is 48.5 Å². The van der Waals surface area contributed by atoms with Crippen molar-refractivity contribution in [1.82, 2.24) is 16.0 Å². The second kappa shape index (κ2) is 16.3. The lowest BCUT2D eigenvalue weighted by Gasteiger charge is -2.18. The highest BCUT2D eigenvalue weighted by molar-refractivity contribution is 5.89. The summed E-state index contributed by atoms with van der Waals surface area (Å²) in [5, 5.41) is 36.5. The maximum absolute atomic E-state index is 12.0. The molecule has 0 spiro atoms. The molecule has 0 heterocycles. The van der Waals surface area contributed by atoms with Gasteiger partial charge in [-0.15, -0.1) is 6.42 Å². The van der Waals surface area contributed by atoms with E-state index in [9.17, 15) is 29.1 Å². The molecule has 0 aliphatic heterocycles. The lowest BCUT2D eigenvalue weighted by molar-refractivity contribution is -0.140. The molecule has 0 aliphatic carbocycles. The van der Waals surface area contributed by atoms with Gasteiger partial charge < -0.3 is 41.3 Å². The molecule has 0 radical (unpaired) electrons. The monoisotopic (exact) mass is 506 g/mol. The van der Waals surface area contributed by atoms with E-state index in [4.69, 9.17) is 21.4 Å². The summed E-state index contributed by atoms with van der Waals surface area (Å²) in [5.41, 5.74) is 1.46. The van der Waals surface area contributed by atoms with Crippen LogP contribution in [0, 0.1) is 12.3 Å². The lowest BCUT2D eigenvalue weighted by Crippen LogP contribution is -2.51. The minimum Gasteiger partial charge on any atom is -0.481 e. The van der Waals surface area contributed by atoms with E-state index in [0.717, 1.165) is 5.56 Å². The molecule has 1 aromatic carbocycles. The van der Waals surface area contributed by atoms with Crippen molar-refractivity contribution in [1.29, 1.82) is 0 Å². The summed E-state index contributed by atoms with van der Waals surface area (Å²) in [5.74, 6) is -1.62. The van der Waals surface area contributed by atoms with E-state index in [2.05, 4.69) is 27.2 Å². The summed E-state index contributed by atoms with van der Waals surface area (Å²) in [6.07, 6.45) is 5.07. The summed E-state index contributed by atoms with van der Waals surface area (Å²) >= 11 is 0. The smallest absolute Gasteiger partial charge is 0.326 e. The Morgan fingerprint density at radius 2 is 1.50 bits per heavy atom. The average Bonchev–Trinajstić information content (AvgIpc) is 2.81. The quantitative estimate of drug-likeness (QED) is 0.127. The second-order valence-electron chi connectivity index (χ2n) is 7.60. The van der Waals surface area contributed by atoms with Gasteiger partial charge in [-0.25, -0.2) is 19.2 Å². The number of anilines is 1. The van der Waals surface area contributed by atoms with Crippen molar-refractivity contribution >= 4 is 35.7 Å². The Morgan fingerprint density at radius 3 is 2.06 bits per heavy atom. The predicted octanol–water partition coefficient (Wildman–Crippen LogP) is 1.20. The van der Waals surface area contributed by atoms with Gasteiger partial charge in [0.25, 0.3) is 0 Å². The third-order valence-corrected chi connectivity index (χ3v) is 4.72. The topological polar surface area (TPSA) is 203 Å². The number of rotatable bonds is 16. The predicted molar refractivity (Wildman–Crippen MR) is 127 cm³/mol. The molecule has 1 rings (SSSR count). The van der Waals surface area contributed by atoms with Crippen LogP contribution in [0.15, 0.2) is 24.3 Å². The van der Waals surface area contributed by atoms with Gasteiger partial charge in [0, 0.05) is 18.7 Å². The highest BCUT2D eigenvalue weighted by Crippen LogP contribution is 2.10. The van der Waals surface area contributed by atoms with Crippen LogP contribution in [0.3, 0.4) is 0 Å². The Bertz CT molecular complexity index is 944. The van der Waals surface area contributed by atoms with Crippen molar-refractivity contribution < 1.29 is 44.0 Å². The minimum atomic E-state index is -1.48. The van der Waals surface area contributed by atoms with Gasteiger partial charge in [0.15, 0.2) is 0 Å². The zero-order valence-corrected chi connectivity index (χ0v) is 19.5. The molecular formula is C23H30N4O9. The zero-order valence-electron chi connectivity index (χ0n) is 19.5. The number of aliphatic carboxylic acids is 3. The molecule has 13 heteroatoms. The van der Waals surface area contributed by atoms with Crippen LogP contribution in [0.4, 0.5) is 15.3 Å². The van der Waals surface area contributed by atoms with Gasteiger partial charge in [-0.05, 0) is 43.4 Å². The van der Waals surface area contributed by atoms with Gasteiger partial charge in [-0.1, -0.05) is 18.1 Å². The largest absolute Gasteiger partial charge is 0.481 e. The fourth-order valence-corrected chi connectivity index (χ4v) is 2.90. The first-order valence-corrected chi connectivity index (χ1v) is 11.0. The Labute approximate surface area is 207 Å². The van der Waals surface area contributed by atoms with Crippen LogP contribution in [0.1, 0.15) is 37.7 Å². The van der Waals surface area contributed by atoms with Crippen LogP contribution < -0.4 is 21.3 Å². The lowest BCUT2D eigenvalue weighted by atomic mass is 10.1. The van der Waals surface area contributed by atoms with Gasteiger partial charge >= 0.3 is 30.0 Å². The molecule has 0 bridgehead atoms. The number of carbonyl (C=O) groups is 5. The van der Waals surface area contributed by atoms with Crippen LogP contribution >= 0.6 is 0 Å². The molecular weight excluding hydrogens is 476 g/mol. The Hall–Kier alpha value is -4.31. The van der Waals surface area contributed by atoms with E-state index in [1.807, 2.05) is 0 Å². The normalized spacial score (nSPS) is 11.9. The van der Waals surface area contributed by atoms with Crippen molar-refractivity contribution in [2.75, 3.05) is 18.5 Å². The summed E-state index contributed by atoms with van der Waals surface area (Å²) in [7, 11) is 0. The van der Waals surface area contributed by atoms with Crippen LogP contribution in [0.2, 0.25) is 0 Å². The number of terminal acetylenes is 1. The first-order valence-electron chi connectivity index (χ1n) is 11.0. The number of benzene rings is 1. The maximum Gasteiger partial charge on any atom is 0.326 e. The minimum absolute atomic E-state index is 0.0299. The van der Waals surface area contributed by atoms with Gasteiger partial charge in [0.2, 0.25) is 0 Å². The number of hydrogen-bond donors (Lipinski definition) is 7. The van der Waals surface area contributed by atoms with Gasteiger partial charge in [-0.2, -0.15) is 0 Å². The Kier molecular flexibility index (Phi) is 13.5. The third-order valence-electron chi connectivity index (χ3n) is 4.72. The molecule has 0 saturated heterocycles. The molecule has 2 atom stereocenters. The Morgan fingerprint density at radius 1 is 0.889 bits per heavy atom. The summed E-state index contributed by atoms with van der Waals surface area (Å²) in [6, 6.07) is 2.73. The first kappa shape index (κ1) is 29.7. The van der Waals surface area contributed by atoms with E-state index in [-0.39, 0.29) is 26.0 Å². The number of unbranched alkanes of at least 4 members (excludes halogenated alkanes) is 1. The molecule has 4 amide bonds. The van der Waals surface area contributed by atoms with Crippen molar-refractivity contribution in [3.63, 3.8) is 0 Å². The van der Waals surface area contributed by atoms with E-state index in [1.54, 1.807) is 24.3 Å². The SMILES string of the molecule is C#CCOCc1ccc(NC(=O)NCCCCC(NC(=O)NC(CCC(=O)O)C(=O)O)C(=O)O)cc1. The summed E-state index contributed by atoms with van der Waals surface area (Å²) in [6.45, 7) is 0.812. The standard InChI is InChI=1S/C23H30N4O9/c1-2-13-36-14-15-6-8-16(9-7-15)25-22(34)24-12-4-3-5-17(20(30)31)26-23(35)27-18(21(32)33)10-11-19(28)29/h1,6-9,17-18H,3-5,10-14H2,(H,28,29)(H,30,31)(H,32,33)(H2,24,25,34)(H2,26,27,35). The third kappa shape index (κ3) is 12.8. The zero-order chi connectivity index (χ0) is 26.9. The Balaban J connectivity index is 2.35. The number of carboxylic acid groups (broad SMARTS) is 3. The number of ether oxygens (including phenoxy) is 1. The molecule has 1 aromatic rings. The van der Waals surface area contributed by atoms with Gasteiger partial charge in [-0.3, -0.25) is 4.79 Å². The fourth-order valence-electron chi connectivity index (χ4n) is 2.90. The van der Waals surface area contributed by atoms with Gasteiger partial charge in [0.1, 0.15) is 18.7 Å². The van der Waals surface area contributed by atoms with Crippen LogP contribution in [-0.4, -0.2) is 70.5 Å². The molecule has 0 aliphatic rings. The highest BCUT2D eigenvalue weighted by Gasteiger charge is 2.24. The number of carbonyl (C=O) groups excluding carboxylic acids is 2. The highest BCUT2D eigenvalue weighted by atomic mass is 16.5. The van der Waals surface area contributed by atoms with Crippen molar-refractivity contribution in [2.45, 2.75) is 50.8 Å². The molecule has 0 saturated carbocycles. The molecule has 196 valence electrons. The molecule has 13 nitrogen and oxygen atoms in total. The first-order chi connectivity index (χ1) is 17.1. The summed E-state index contributed by atoms with van der Waals surface area (Å²) in [4.78, 5) is 57.1. The van der Waals surface area contributed by atoms with E-state index in [0.29, 0.717) is 25.1 Å². The molecule has 7 N–H and O–H groups in total.